The molecule has 0 aromatic heterocycles. The predicted octanol–water partition coefficient (Wildman–Crippen LogP) is 1.39. The van der Waals surface area contributed by atoms with Crippen LogP contribution in [0.1, 0.15) is 30.1 Å². The van der Waals surface area contributed by atoms with Gasteiger partial charge in [-0.05, 0) is 37.0 Å². The summed E-state index contributed by atoms with van der Waals surface area (Å²) in [6, 6.07) is 4.03. The molecule has 1 unspecified atom stereocenters. The number of carbonyl (C=O) groups excluding carboxylic acids is 2. The number of anilines is 1. The lowest BCUT2D eigenvalue weighted by atomic mass is 10.0. The number of ether oxygens (including phenoxy) is 1. The molecular weight excluding hydrogens is 272 g/mol. The molecule has 1 aromatic carbocycles. The van der Waals surface area contributed by atoms with Crippen LogP contribution in [0.15, 0.2) is 18.2 Å². The predicted molar refractivity (Wildman–Crippen MR) is 77.8 cm³/mol. The van der Waals surface area contributed by atoms with Gasteiger partial charge in [-0.1, -0.05) is 6.92 Å². The molecule has 0 aliphatic carbocycles. The Morgan fingerprint density at radius 1 is 1.48 bits per heavy atom. The summed E-state index contributed by atoms with van der Waals surface area (Å²) in [5, 5.41) is 9.36. The topological polar surface area (TPSA) is 92.9 Å². The molecule has 1 heterocycles. The van der Waals surface area contributed by atoms with Crippen LogP contribution in [0.4, 0.5) is 5.69 Å². The standard InChI is InChI=1S/C15H20N2O4/c1-10-3-2-6-17(8-10)14(19)9-21-15(20)12-7-11(18)4-5-13(12)16/h4-5,7,10,18H,2-3,6,8-9,16H2,1H3. The fourth-order valence-electron chi connectivity index (χ4n) is 2.43. The fourth-order valence-corrected chi connectivity index (χ4v) is 2.43. The molecule has 3 N–H and O–H groups in total. The van der Waals surface area contributed by atoms with Crippen molar-refractivity contribution in [3.63, 3.8) is 0 Å². The number of nitrogens with zero attached hydrogens (tertiary/aromatic N) is 1. The molecule has 1 atom stereocenters. The second kappa shape index (κ2) is 6.47. The Balaban J connectivity index is 1.91. The van der Waals surface area contributed by atoms with Gasteiger partial charge in [-0.15, -0.1) is 0 Å². The van der Waals surface area contributed by atoms with E-state index in [1.807, 2.05) is 0 Å². The Bertz CT molecular complexity index is 544. The van der Waals surface area contributed by atoms with Gasteiger partial charge in [0.2, 0.25) is 0 Å². The van der Waals surface area contributed by atoms with Gasteiger partial charge in [-0.3, -0.25) is 4.79 Å². The number of piperidine rings is 1. The van der Waals surface area contributed by atoms with E-state index in [0.717, 1.165) is 12.8 Å². The van der Waals surface area contributed by atoms with Gasteiger partial charge in [-0.25, -0.2) is 4.79 Å². The minimum absolute atomic E-state index is 0.0646. The summed E-state index contributed by atoms with van der Waals surface area (Å²) in [7, 11) is 0. The number of phenols is 1. The van der Waals surface area contributed by atoms with Crippen LogP contribution < -0.4 is 5.73 Å². The van der Waals surface area contributed by atoms with Crippen molar-refractivity contribution in [1.29, 1.82) is 0 Å². The molecule has 114 valence electrons. The number of nitrogens with two attached hydrogens (primary N) is 1. The minimum atomic E-state index is -0.707. The van der Waals surface area contributed by atoms with Crippen LogP contribution in [0.5, 0.6) is 5.75 Å². The molecule has 6 heteroatoms. The van der Waals surface area contributed by atoms with Crippen LogP contribution in [0.25, 0.3) is 0 Å². The highest BCUT2D eigenvalue weighted by Gasteiger charge is 2.22. The summed E-state index contributed by atoms with van der Waals surface area (Å²) >= 11 is 0. The minimum Gasteiger partial charge on any atom is -0.508 e. The van der Waals surface area contributed by atoms with Gasteiger partial charge < -0.3 is 20.5 Å². The Morgan fingerprint density at radius 3 is 2.95 bits per heavy atom. The normalized spacial score (nSPS) is 18.3. The Kier molecular flexibility index (Phi) is 4.67. The molecular formula is C15H20N2O4. The number of esters is 1. The van der Waals surface area contributed by atoms with Gasteiger partial charge in [0.1, 0.15) is 5.75 Å². The highest BCUT2D eigenvalue weighted by atomic mass is 16.5. The summed E-state index contributed by atoms with van der Waals surface area (Å²) in [6.07, 6.45) is 2.09. The number of nitrogen functional groups attached to an aromatic ring is 1. The number of carbonyl (C=O) groups is 2. The number of phenolic OH excluding ortho intramolecular Hbond substituents is 1. The fraction of sp³-hybridized carbons (Fsp3) is 0.467. The smallest absolute Gasteiger partial charge is 0.340 e. The van der Waals surface area contributed by atoms with Crippen molar-refractivity contribution in [2.75, 3.05) is 25.4 Å². The van der Waals surface area contributed by atoms with E-state index in [2.05, 4.69) is 6.92 Å². The van der Waals surface area contributed by atoms with Crippen molar-refractivity contribution in [3.05, 3.63) is 23.8 Å². The summed E-state index contributed by atoms with van der Waals surface area (Å²) in [5.41, 5.74) is 5.92. The first-order valence-electron chi connectivity index (χ1n) is 7.00. The number of aromatic hydroxyl groups is 1. The molecule has 1 aliphatic rings. The van der Waals surface area contributed by atoms with Crippen molar-refractivity contribution >= 4 is 17.6 Å². The van der Waals surface area contributed by atoms with Gasteiger partial charge in [-0.2, -0.15) is 0 Å². The SMILES string of the molecule is CC1CCCN(C(=O)COC(=O)c2cc(O)ccc2N)C1. The summed E-state index contributed by atoms with van der Waals surface area (Å²) in [5.74, 6) is -0.511. The monoisotopic (exact) mass is 292 g/mol. The molecule has 0 bridgehead atoms. The molecule has 1 aliphatic heterocycles. The Morgan fingerprint density at radius 2 is 2.24 bits per heavy atom. The first-order valence-corrected chi connectivity index (χ1v) is 7.00. The third-order valence-electron chi connectivity index (χ3n) is 3.59. The largest absolute Gasteiger partial charge is 0.508 e. The zero-order valence-corrected chi connectivity index (χ0v) is 12.0. The average Bonchev–Trinajstić information content (AvgIpc) is 2.47. The number of rotatable bonds is 3. The maximum absolute atomic E-state index is 12.0. The molecule has 1 fully saturated rings. The highest BCUT2D eigenvalue weighted by molar-refractivity contribution is 5.96. The van der Waals surface area contributed by atoms with Crippen molar-refractivity contribution in [1.82, 2.24) is 4.90 Å². The quantitative estimate of drug-likeness (QED) is 0.499. The molecule has 1 aromatic rings. The molecule has 6 nitrogen and oxygen atoms in total. The lowest BCUT2D eigenvalue weighted by Gasteiger charge is -2.30. The van der Waals surface area contributed by atoms with Gasteiger partial charge in [0, 0.05) is 18.8 Å². The van der Waals surface area contributed by atoms with E-state index in [9.17, 15) is 14.7 Å². The molecule has 2 rings (SSSR count). The van der Waals surface area contributed by atoms with Crippen molar-refractivity contribution in [2.24, 2.45) is 5.92 Å². The third kappa shape index (κ3) is 3.87. The molecule has 21 heavy (non-hydrogen) atoms. The molecule has 1 amide bonds. The van der Waals surface area contributed by atoms with E-state index in [1.54, 1.807) is 4.90 Å². The molecule has 1 saturated heterocycles. The van der Waals surface area contributed by atoms with E-state index < -0.39 is 5.97 Å². The van der Waals surface area contributed by atoms with E-state index in [-0.39, 0.29) is 29.5 Å². The number of benzene rings is 1. The van der Waals surface area contributed by atoms with Gasteiger partial charge in [0.15, 0.2) is 6.61 Å². The van der Waals surface area contributed by atoms with Crippen molar-refractivity contribution < 1.29 is 19.4 Å². The van der Waals surface area contributed by atoms with Crippen LogP contribution in [0.2, 0.25) is 0 Å². The van der Waals surface area contributed by atoms with Crippen LogP contribution in [-0.4, -0.2) is 41.6 Å². The van der Waals surface area contributed by atoms with E-state index in [1.165, 1.54) is 18.2 Å². The van der Waals surface area contributed by atoms with E-state index >= 15 is 0 Å². The maximum atomic E-state index is 12.0. The lowest BCUT2D eigenvalue weighted by molar-refractivity contribution is -0.136. The zero-order valence-electron chi connectivity index (χ0n) is 12.0. The van der Waals surface area contributed by atoms with Crippen LogP contribution >= 0.6 is 0 Å². The zero-order chi connectivity index (χ0) is 15.4. The molecule has 0 spiro atoms. The Hall–Kier alpha value is -2.24. The Labute approximate surface area is 123 Å². The second-order valence-corrected chi connectivity index (χ2v) is 5.43. The highest BCUT2D eigenvalue weighted by Crippen LogP contribution is 2.19. The molecule has 0 radical (unpaired) electrons. The van der Waals surface area contributed by atoms with E-state index in [0.29, 0.717) is 19.0 Å². The first-order chi connectivity index (χ1) is 9.97. The average molecular weight is 292 g/mol. The number of hydrogen-bond acceptors (Lipinski definition) is 5. The molecule has 0 saturated carbocycles. The summed E-state index contributed by atoms with van der Waals surface area (Å²) < 4.78 is 4.99. The van der Waals surface area contributed by atoms with Crippen molar-refractivity contribution in [2.45, 2.75) is 19.8 Å². The second-order valence-electron chi connectivity index (χ2n) is 5.43. The number of likely N-dealkylation sites (tertiary alicyclic amines) is 1. The maximum Gasteiger partial charge on any atom is 0.340 e. The van der Waals surface area contributed by atoms with Crippen LogP contribution in [-0.2, 0) is 9.53 Å². The summed E-state index contributed by atoms with van der Waals surface area (Å²) in [6.45, 7) is 3.19. The van der Waals surface area contributed by atoms with E-state index in [4.69, 9.17) is 10.5 Å². The third-order valence-corrected chi connectivity index (χ3v) is 3.59. The number of hydrogen-bond donors (Lipinski definition) is 2. The van der Waals surface area contributed by atoms with Crippen LogP contribution in [0, 0.1) is 5.92 Å². The van der Waals surface area contributed by atoms with Gasteiger partial charge in [0.25, 0.3) is 5.91 Å². The van der Waals surface area contributed by atoms with Gasteiger partial charge >= 0.3 is 5.97 Å². The lowest BCUT2D eigenvalue weighted by Crippen LogP contribution is -2.41. The van der Waals surface area contributed by atoms with Crippen molar-refractivity contribution in [3.8, 4) is 5.75 Å². The first kappa shape index (κ1) is 15.2. The summed E-state index contributed by atoms with van der Waals surface area (Å²) in [4.78, 5) is 25.6. The van der Waals surface area contributed by atoms with Crippen LogP contribution in [0.3, 0.4) is 0 Å². The van der Waals surface area contributed by atoms with Gasteiger partial charge in [0.05, 0.1) is 5.56 Å². The number of amides is 1.